The van der Waals surface area contributed by atoms with Gasteiger partial charge in [0, 0.05) is 12.8 Å². The standard InChI is InChI=1S/C9H12N2O2/c1-2-5-13-7-9-10-4-3-8(6-12)11-9/h3-4,6H,2,5,7H2,1H3. The van der Waals surface area contributed by atoms with Crippen LogP contribution in [0.15, 0.2) is 12.3 Å². The van der Waals surface area contributed by atoms with Crippen LogP contribution in [0.3, 0.4) is 0 Å². The summed E-state index contributed by atoms with van der Waals surface area (Å²) in [4.78, 5) is 18.3. The van der Waals surface area contributed by atoms with Crippen molar-refractivity contribution in [1.82, 2.24) is 9.97 Å². The summed E-state index contributed by atoms with van der Waals surface area (Å²) < 4.78 is 5.23. The highest BCUT2D eigenvalue weighted by atomic mass is 16.5. The molecule has 0 aliphatic heterocycles. The van der Waals surface area contributed by atoms with E-state index in [9.17, 15) is 4.79 Å². The minimum absolute atomic E-state index is 0.371. The minimum atomic E-state index is 0.371. The van der Waals surface area contributed by atoms with Crippen LogP contribution in [0.2, 0.25) is 0 Å². The van der Waals surface area contributed by atoms with Crippen molar-refractivity contribution in [2.24, 2.45) is 0 Å². The molecule has 0 aromatic carbocycles. The summed E-state index contributed by atoms with van der Waals surface area (Å²) in [7, 11) is 0. The van der Waals surface area contributed by atoms with Crippen LogP contribution in [0.1, 0.15) is 29.7 Å². The van der Waals surface area contributed by atoms with E-state index >= 15 is 0 Å². The van der Waals surface area contributed by atoms with Gasteiger partial charge in [0.2, 0.25) is 0 Å². The maximum atomic E-state index is 10.4. The molecular formula is C9H12N2O2. The third-order valence-corrected chi connectivity index (χ3v) is 1.43. The van der Waals surface area contributed by atoms with Crippen LogP contribution in [0.4, 0.5) is 0 Å². The summed E-state index contributed by atoms with van der Waals surface area (Å²) >= 11 is 0. The summed E-state index contributed by atoms with van der Waals surface area (Å²) in [6.07, 6.45) is 3.22. The zero-order valence-electron chi connectivity index (χ0n) is 7.56. The molecule has 0 aliphatic carbocycles. The molecule has 0 atom stereocenters. The number of carbonyl (C=O) groups is 1. The van der Waals surface area contributed by atoms with Crippen molar-refractivity contribution in [3.8, 4) is 0 Å². The lowest BCUT2D eigenvalue weighted by Crippen LogP contribution is -2.01. The second-order valence-corrected chi connectivity index (χ2v) is 2.57. The van der Waals surface area contributed by atoms with Gasteiger partial charge in [-0.3, -0.25) is 4.79 Å². The highest BCUT2D eigenvalue weighted by Gasteiger charge is 1.97. The van der Waals surface area contributed by atoms with Gasteiger partial charge in [0.05, 0.1) is 0 Å². The molecule has 0 unspecified atom stereocenters. The molecule has 1 aromatic rings. The zero-order valence-corrected chi connectivity index (χ0v) is 7.56. The Kier molecular flexibility index (Phi) is 4.05. The van der Waals surface area contributed by atoms with E-state index in [0.717, 1.165) is 6.42 Å². The Hall–Kier alpha value is -1.29. The molecule has 0 saturated heterocycles. The van der Waals surface area contributed by atoms with Crippen LogP contribution >= 0.6 is 0 Å². The summed E-state index contributed by atoms with van der Waals surface area (Å²) in [5.74, 6) is 0.554. The molecule has 1 aromatic heterocycles. The van der Waals surface area contributed by atoms with Crippen LogP contribution in [0.5, 0.6) is 0 Å². The molecule has 1 heterocycles. The molecule has 4 nitrogen and oxygen atoms in total. The predicted octanol–water partition coefficient (Wildman–Crippen LogP) is 1.22. The first-order valence-corrected chi connectivity index (χ1v) is 4.21. The highest BCUT2D eigenvalue weighted by molar-refractivity contribution is 5.71. The normalized spacial score (nSPS) is 9.92. The Balaban J connectivity index is 2.51. The molecule has 1 rings (SSSR count). The van der Waals surface area contributed by atoms with Gasteiger partial charge in [-0.25, -0.2) is 9.97 Å². The SMILES string of the molecule is CCCOCc1nccc(C=O)n1. The number of nitrogens with zero attached hydrogens (tertiary/aromatic N) is 2. The third kappa shape index (κ3) is 3.29. The predicted molar refractivity (Wildman–Crippen MR) is 47.4 cm³/mol. The first-order chi connectivity index (χ1) is 6.36. The molecular weight excluding hydrogens is 168 g/mol. The smallest absolute Gasteiger partial charge is 0.168 e. The van der Waals surface area contributed by atoms with Crippen molar-refractivity contribution in [3.05, 3.63) is 23.8 Å². The Morgan fingerprint density at radius 3 is 3.15 bits per heavy atom. The van der Waals surface area contributed by atoms with E-state index in [1.807, 2.05) is 6.92 Å². The van der Waals surface area contributed by atoms with Crippen LogP contribution in [-0.4, -0.2) is 22.9 Å². The maximum Gasteiger partial charge on any atom is 0.168 e. The summed E-state index contributed by atoms with van der Waals surface area (Å²) in [6.45, 7) is 3.09. The van der Waals surface area contributed by atoms with Crippen LogP contribution in [0, 0.1) is 0 Å². The highest BCUT2D eigenvalue weighted by Crippen LogP contribution is 1.95. The van der Waals surface area contributed by atoms with Gasteiger partial charge < -0.3 is 4.74 Å². The number of rotatable bonds is 5. The first kappa shape index (κ1) is 9.80. The Labute approximate surface area is 77.0 Å². The van der Waals surface area contributed by atoms with E-state index in [4.69, 9.17) is 4.74 Å². The number of carbonyl (C=O) groups excluding carboxylic acids is 1. The Bertz CT molecular complexity index is 276. The van der Waals surface area contributed by atoms with Gasteiger partial charge in [-0.05, 0) is 12.5 Å². The second kappa shape index (κ2) is 5.37. The molecule has 0 bridgehead atoms. The first-order valence-electron chi connectivity index (χ1n) is 4.21. The molecule has 0 N–H and O–H groups in total. The summed E-state index contributed by atoms with van der Waals surface area (Å²) in [5.41, 5.74) is 0.394. The monoisotopic (exact) mass is 180 g/mol. The second-order valence-electron chi connectivity index (χ2n) is 2.57. The van der Waals surface area contributed by atoms with Gasteiger partial charge in [0.1, 0.15) is 12.3 Å². The van der Waals surface area contributed by atoms with Gasteiger partial charge in [0.25, 0.3) is 0 Å². The molecule has 70 valence electrons. The number of aldehydes is 1. The van der Waals surface area contributed by atoms with Gasteiger partial charge in [0.15, 0.2) is 12.1 Å². The molecule has 0 spiro atoms. The molecule has 0 amide bonds. The van der Waals surface area contributed by atoms with E-state index < -0.39 is 0 Å². The van der Waals surface area contributed by atoms with Crippen LogP contribution in [0.25, 0.3) is 0 Å². The number of hydrogen-bond donors (Lipinski definition) is 0. The van der Waals surface area contributed by atoms with Crippen LogP contribution < -0.4 is 0 Å². The van der Waals surface area contributed by atoms with Gasteiger partial charge in [-0.15, -0.1) is 0 Å². The van der Waals surface area contributed by atoms with Gasteiger partial charge >= 0.3 is 0 Å². The van der Waals surface area contributed by atoms with Gasteiger partial charge in [-0.1, -0.05) is 6.92 Å². The van der Waals surface area contributed by atoms with E-state index in [-0.39, 0.29) is 0 Å². The van der Waals surface area contributed by atoms with E-state index in [1.54, 1.807) is 12.3 Å². The Morgan fingerprint density at radius 2 is 2.46 bits per heavy atom. The average molecular weight is 180 g/mol. The fourth-order valence-electron chi connectivity index (χ4n) is 0.858. The average Bonchev–Trinajstić information content (AvgIpc) is 2.19. The number of hydrogen-bond acceptors (Lipinski definition) is 4. The van der Waals surface area contributed by atoms with E-state index in [0.29, 0.717) is 31.0 Å². The molecule has 0 fully saturated rings. The number of ether oxygens (including phenoxy) is 1. The van der Waals surface area contributed by atoms with Gasteiger partial charge in [-0.2, -0.15) is 0 Å². The van der Waals surface area contributed by atoms with Crippen molar-refractivity contribution >= 4 is 6.29 Å². The van der Waals surface area contributed by atoms with Crippen molar-refractivity contribution in [1.29, 1.82) is 0 Å². The molecule has 0 aliphatic rings. The molecule has 0 radical (unpaired) electrons. The Morgan fingerprint density at radius 1 is 1.62 bits per heavy atom. The lowest BCUT2D eigenvalue weighted by Gasteiger charge is -2.00. The van der Waals surface area contributed by atoms with Crippen molar-refractivity contribution in [2.75, 3.05) is 6.61 Å². The minimum Gasteiger partial charge on any atom is -0.373 e. The van der Waals surface area contributed by atoms with Crippen molar-refractivity contribution < 1.29 is 9.53 Å². The fourth-order valence-corrected chi connectivity index (χ4v) is 0.858. The largest absolute Gasteiger partial charge is 0.373 e. The lowest BCUT2D eigenvalue weighted by atomic mass is 10.4. The summed E-state index contributed by atoms with van der Waals surface area (Å²) in [5, 5.41) is 0. The molecule has 13 heavy (non-hydrogen) atoms. The fraction of sp³-hybridized carbons (Fsp3) is 0.444. The topological polar surface area (TPSA) is 52.1 Å². The molecule has 0 saturated carbocycles. The number of aromatic nitrogens is 2. The summed E-state index contributed by atoms with van der Waals surface area (Å²) in [6, 6.07) is 1.57. The third-order valence-electron chi connectivity index (χ3n) is 1.43. The van der Waals surface area contributed by atoms with E-state index in [1.165, 1.54) is 0 Å². The van der Waals surface area contributed by atoms with E-state index in [2.05, 4.69) is 9.97 Å². The van der Waals surface area contributed by atoms with Crippen molar-refractivity contribution in [3.63, 3.8) is 0 Å². The zero-order chi connectivity index (χ0) is 9.52. The quantitative estimate of drug-likeness (QED) is 0.505. The van der Waals surface area contributed by atoms with Crippen molar-refractivity contribution in [2.45, 2.75) is 20.0 Å². The van der Waals surface area contributed by atoms with Crippen LogP contribution in [-0.2, 0) is 11.3 Å². The maximum absolute atomic E-state index is 10.4. The lowest BCUT2D eigenvalue weighted by molar-refractivity contribution is 0.110. The molecule has 4 heteroatoms.